The Morgan fingerprint density at radius 1 is 1.38 bits per heavy atom. The van der Waals surface area contributed by atoms with Gasteiger partial charge in [0.05, 0.1) is 11.9 Å². The Hall–Kier alpha value is -1.42. The monoisotopic (exact) mass is 236 g/mol. The van der Waals surface area contributed by atoms with E-state index in [1.165, 1.54) is 6.33 Å². The second-order valence-corrected chi connectivity index (χ2v) is 3.99. The molecule has 2 rings (SSSR count). The van der Waals surface area contributed by atoms with Crippen LogP contribution in [0, 0.1) is 6.92 Å². The molecule has 0 spiro atoms. The molecule has 0 aliphatic heterocycles. The number of hydrogen-bond donors (Lipinski definition) is 0. The van der Waals surface area contributed by atoms with Gasteiger partial charge in [0.25, 0.3) is 0 Å². The molecule has 4 nitrogen and oxygen atoms in total. The lowest BCUT2D eigenvalue weighted by Crippen LogP contribution is -1.95. The molecule has 0 radical (unpaired) electrons. The van der Waals surface area contributed by atoms with Gasteiger partial charge in [-0.15, -0.1) is 0 Å². The summed E-state index contributed by atoms with van der Waals surface area (Å²) in [7, 11) is 0. The molecule has 0 amide bonds. The molecule has 0 bridgehead atoms. The smallest absolute Gasteiger partial charge is 0.135 e. The summed E-state index contributed by atoms with van der Waals surface area (Å²) in [6, 6.07) is 0. The highest BCUT2D eigenvalue weighted by Gasteiger charge is 2.09. The quantitative estimate of drug-likeness (QED) is 0.770. The Morgan fingerprint density at radius 2 is 2.19 bits per heavy atom. The lowest BCUT2D eigenvalue weighted by atomic mass is 10.1. The molecule has 0 fully saturated rings. The first-order valence-electron chi connectivity index (χ1n) is 5.22. The van der Waals surface area contributed by atoms with Gasteiger partial charge in [-0.1, -0.05) is 18.5 Å². The van der Waals surface area contributed by atoms with Gasteiger partial charge >= 0.3 is 0 Å². The standard InChI is InChI=1S/C11H13ClN4/c1-3-4-16-6-9(5-15-16)10-8(2)11(12)14-7-13-10/h5-7H,3-4H2,1-2H3. The average molecular weight is 237 g/mol. The summed E-state index contributed by atoms with van der Waals surface area (Å²) < 4.78 is 1.91. The maximum Gasteiger partial charge on any atom is 0.135 e. The highest BCUT2D eigenvalue weighted by Crippen LogP contribution is 2.23. The molecule has 0 aromatic carbocycles. The van der Waals surface area contributed by atoms with Crippen LogP contribution >= 0.6 is 11.6 Å². The first-order chi connectivity index (χ1) is 7.72. The van der Waals surface area contributed by atoms with Crippen molar-refractivity contribution in [3.8, 4) is 11.3 Å². The van der Waals surface area contributed by atoms with E-state index in [2.05, 4.69) is 22.0 Å². The molecule has 2 heterocycles. The molecule has 2 aromatic rings. The van der Waals surface area contributed by atoms with Crippen molar-refractivity contribution in [2.45, 2.75) is 26.8 Å². The normalized spacial score (nSPS) is 10.7. The highest BCUT2D eigenvalue weighted by molar-refractivity contribution is 6.30. The fourth-order valence-electron chi connectivity index (χ4n) is 1.56. The third kappa shape index (κ3) is 2.07. The highest BCUT2D eigenvalue weighted by atomic mass is 35.5. The topological polar surface area (TPSA) is 43.6 Å². The van der Waals surface area contributed by atoms with E-state index in [4.69, 9.17) is 11.6 Å². The minimum absolute atomic E-state index is 0.494. The summed E-state index contributed by atoms with van der Waals surface area (Å²) in [5, 5.41) is 4.76. The van der Waals surface area contributed by atoms with Gasteiger partial charge < -0.3 is 0 Å². The molecule has 16 heavy (non-hydrogen) atoms. The van der Waals surface area contributed by atoms with Crippen LogP contribution in [0.3, 0.4) is 0 Å². The molecular weight excluding hydrogens is 224 g/mol. The maximum absolute atomic E-state index is 5.95. The first-order valence-corrected chi connectivity index (χ1v) is 5.60. The van der Waals surface area contributed by atoms with Gasteiger partial charge in [0.15, 0.2) is 0 Å². The van der Waals surface area contributed by atoms with E-state index in [9.17, 15) is 0 Å². The van der Waals surface area contributed by atoms with Gasteiger partial charge in [0, 0.05) is 23.9 Å². The average Bonchev–Trinajstić information content (AvgIpc) is 2.71. The molecule has 0 unspecified atom stereocenters. The molecule has 0 N–H and O–H groups in total. The van der Waals surface area contributed by atoms with Crippen LogP contribution in [0.15, 0.2) is 18.7 Å². The van der Waals surface area contributed by atoms with E-state index in [1.807, 2.05) is 17.8 Å². The van der Waals surface area contributed by atoms with Crippen LogP contribution in [-0.4, -0.2) is 19.7 Å². The lowest BCUT2D eigenvalue weighted by Gasteiger charge is -2.02. The largest absolute Gasteiger partial charge is 0.272 e. The molecule has 84 valence electrons. The predicted molar refractivity (Wildman–Crippen MR) is 63.3 cm³/mol. The zero-order valence-electron chi connectivity index (χ0n) is 9.31. The van der Waals surface area contributed by atoms with Crippen molar-refractivity contribution in [3.63, 3.8) is 0 Å². The third-order valence-corrected chi connectivity index (χ3v) is 2.76. The van der Waals surface area contributed by atoms with Gasteiger partial charge in [0.2, 0.25) is 0 Å². The summed E-state index contributed by atoms with van der Waals surface area (Å²) in [5.41, 5.74) is 2.72. The molecule has 0 aliphatic carbocycles. The van der Waals surface area contributed by atoms with Crippen molar-refractivity contribution >= 4 is 11.6 Å². The van der Waals surface area contributed by atoms with Crippen LogP contribution < -0.4 is 0 Å². The Labute approximate surface area is 99.3 Å². The second-order valence-electron chi connectivity index (χ2n) is 3.63. The Kier molecular flexibility index (Phi) is 3.19. The van der Waals surface area contributed by atoms with Gasteiger partial charge in [-0.25, -0.2) is 9.97 Å². The number of aromatic nitrogens is 4. The van der Waals surface area contributed by atoms with E-state index in [1.54, 1.807) is 6.20 Å². The van der Waals surface area contributed by atoms with Gasteiger partial charge in [-0.05, 0) is 13.3 Å². The maximum atomic E-state index is 5.95. The van der Waals surface area contributed by atoms with Crippen molar-refractivity contribution < 1.29 is 0 Å². The van der Waals surface area contributed by atoms with Crippen LogP contribution in [0.1, 0.15) is 18.9 Å². The molecule has 2 aromatic heterocycles. The minimum atomic E-state index is 0.494. The van der Waals surface area contributed by atoms with E-state index in [-0.39, 0.29) is 0 Å². The van der Waals surface area contributed by atoms with Crippen LogP contribution in [0.5, 0.6) is 0 Å². The number of halogens is 1. The summed E-state index contributed by atoms with van der Waals surface area (Å²) in [6.07, 6.45) is 6.32. The van der Waals surface area contributed by atoms with Crippen LogP contribution in [0.25, 0.3) is 11.3 Å². The first kappa shape index (κ1) is 11.1. The van der Waals surface area contributed by atoms with Gasteiger partial charge in [0.1, 0.15) is 11.5 Å². The van der Waals surface area contributed by atoms with Crippen LogP contribution in [0.2, 0.25) is 5.15 Å². The zero-order valence-corrected chi connectivity index (χ0v) is 10.1. The van der Waals surface area contributed by atoms with Crippen molar-refractivity contribution in [3.05, 3.63) is 29.4 Å². The van der Waals surface area contributed by atoms with E-state index in [0.29, 0.717) is 5.15 Å². The number of rotatable bonds is 3. The fourth-order valence-corrected chi connectivity index (χ4v) is 1.69. The summed E-state index contributed by atoms with van der Waals surface area (Å²) in [4.78, 5) is 8.17. The van der Waals surface area contributed by atoms with E-state index in [0.717, 1.165) is 29.8 Å². The van der Waals surface area contributed by atoms with E-state index >= 15 is 0 Å². The number of hydrogen-bond acceptors (Lipinski definition) is 3. The summed E-state index contributed by atoms with van der Waals surface area (Å²) in [6.45, 7) is 4.95. The van der Waals surface area contributed by atoms with Gasteiger partial charge in [-0.3, -0.25) is 4.68 Å². The van der Waals surface area contributed by atoms with Crippen LogP contribution in [-0.2, 0) is 6.54 Å². The Balaban J connectivity index is 2.39. The lowest BCUT2D eigenvalue weighted by molar-refractivity contribution is 0.603. The zero-order chi connectivity index (χ0) is 11.5. The molecular formula is C11H13ClN4. The number of aryl methyl sites for hydroxylation is 1. The van der Waals surface area contributed by atoms with E-state index < -0.39 is 0 Å². The van der Waals surface area contributed by atoms with Crippen molar-refractivity contribution in [1.82, 2.24) is 19.7 Å². The molecule has 0 saturated heterocycles. The SMILES string of the molecule is CCCn1cc(-c2ncnc(Cl)c2C)cn1. The third-order valence-electron chi connectivity index (χ3n) is 2.38. The van der Waals surface area contributed by atoms with Crippen molar-refractivity contribution in [1.29, 1.82) is 0 Å². The predicted octanol–water partition coefficient (Wildman–Crippen LogP) is 2.71. The molecule has 0 atom stereocenters. The molecule has 0 aliphatic rings. The van der Waals surface area contributed by atoms with Crippen molar-refractivity contribution in [2.75, 3.05) is 0 Å². The molecule has 5 heteroatoms. The second kappa shape index (κ2) is 4.61. The minimum Gasteiger partial charge on any atom is -0.272 e. The summed E-state index contributed by atoms with van der Waals surface area (Å²) in [5.74, 6) is 0. The van der Waals surface area contributed by atoms with Crippen molar-refractivity contribution in [2.24, 2.45) is 0 Å². The van der Waals surface area contributed by atoms with Crippen LogP contribution in [0.4, 0.5) is 0 Å². The van der Waals surface area contributed by atoms with Gasteiger partial charge in [-0.2, -0.15) is 5.10 Å². The number of nitrogens with zero attached hydrogens (tertiary/aromatic N) is 4. The Morgan fingerprint density at radius 3 is 2.94 bits per heavy atom. The molecule has 0 saturated carbocycles. The summed E-state index contributed by atoms with van der Waals surface area (Å²) >= 11 is 5.95. The Bertz CT molecular complexity index is 492. The fraction of sp³-hybridized carbons (Fsp3) is 0.364.